The van der Waals surface area contributed by atoms with Crippen LogP contribution in [0, 0.1) is 10.1 Å². The molecule has 1 aliphatic rings. The van der Waals surface area contributed by atoms with Crippen molar-refractivity contribution in [2.75, 3.05) is 0 Å². The number of nitrogens with zero attached hydrogens (tertiary/aromatic N) is 2. The second-order valence-corrected chi connectivity index (χ2v) is 3.96. The number of rotatable bonds is 3. The van der Waals surface area contributed by atoms with E-state index >= 15 is 0 Å². The van der Waals surface area contributed by atoms with Crippen LogP contribution in [0.5, 0.6) is 0 Å². The van der Waals surface area contributed by atoms with E-state index < -0.39 is 28.7 Å². The molecule has 1 heterocycles. The number of carbonyl (C=O) groups excluding carboxylic acids is 3. The van der Waals surface area contributed by atoms with Crippen molar-refractivity contribution in [2.24, 2.45) is 0 Å². The third-order valence-corrected chi connectivity index (χ3v) is 2.84. The van der Waals surface area contributed by atoms with Gasteiger partial charge in [0, 0.05) is 12.1 Å². The van der Waals surface area contributed by atoms with Crippen molar-refractivity contribution in [1.29, 1.82) is 0 Å². The average Bonchev–Trinajstić information content (AvgIpc) is 2.60. The van der Waals surface area contributed by atoms with Gasteiger partial charge in [0.25, 0.3) is 17.5 Å². The molecule has 0 aromatic heterocycles. The molecule has 0 radical (unpaired) electrons. The summed E-state index contributed by atoms with van der Waals surface area (Å²) in [6.07, 6.45) is 0. The van der Waals surface area contributed by atoms with E-state index in [4.69, 9.17) is 0 Å². The molecule has 0 saturated carbocycles. The first-order chi connectivity index (χ1) is 8.84. The Bertz CT molecular complexity index is 629. The average molecular weight is 286 g/mol. The minimum Gasteiger partial charge on any atom is -0.548 e. The normalized spacial score (nSPS) is 14.6. The molecule has 1 aromatic carbocycles. The summed E-state index contributed by atoms with van der Waals surface area (Å²) >= 11 is 0. The first kappa shape index (κ1) is 16.3. The van der Waals surface area contributed by atoms with Crippen molar-refractivity contribution in [3.05, 3.63) is 39.4 Å². The predicted molar refractivity (Wildman–Crippen MR) is 58.1 cm³/mol. The smallest absolute Gasteiger partial charge is 0.548 e. The summed E-state index contributed by atoms with van der Waals surface area (Å²) in [5.74, 6) is -3.25. The molecule has 1 aliphatic heterocycles. The van der Waals surface area contributed by atoms with Gasteiger partial charge in [-0.2, -0.15) is 0 Å². The Hall–Kier alpha value is -1.77. The molecule has 20 heavy (non-hydrogen) atoms. The number of hydrogen-bond acceptors (Lipinski definition) is 6. The summed E-state index contributed by atoms with van der Waals surface area (Å²) in [5.41, 5.74) is -0.571. The quantitative estimate of drug-likeness (QED) is 0.244. The number of carbonyl (C=O) groups is 3. The fourth-order valence-corrected chi connectivity index (χ4v) is 1.82. The van der Waals surface area contributed by atoms with Gasteiger partial charge in [-0.1, -0.05) is 0 Å². The van der Waals surface area contributed by atoms with E-state index in [9.17, 15) is 29.6 Å². The number of carboxylic acid groups (broad SMARTS) is 1. The summed E-state index contributed by atoms with van der Waals surface area (Å²) in [5, 5.41) is 21.3. The van der Waals surface area contributed by atoms with Crippen LogP contribution >= 0.6 is 0 Å². The number of non-ortho nitro benzene ring substituents is 1. The van der Waals surface area contributed by atoms with Crippen LogP contribution in [0.2, 0.25) is 0 Å². The van der Waals surface area contributed by atoms with E-state index in [1.165, 1.54) is 0 Å². The van der Waals surface area contributed by atoms with Crippen LogP contribution in [0.25, 0.3) is 0 Å². The molecule has 1 unspecified atom stereocenters. The maximum Gasteiger partial charge on any atom is 1.00 e. The zero-order chi connectivity index (χ0) is 14.3. The summed E-state index contributed by atoms with van der Waals surface area (Å²) in [6.45, 7) is 1.13. The first-order valence-electron chi connectivity index (χ1n) is 5.21. The van der Waals surface area contributed by atoms with Crippen LogP contribution in [0.15, 0.2) is 18.2 Å². The minimum absolute atomic E-state index is 0. The molecular weight excluding hydrogens is 279 g/mol. The molecule has 0 spiro atoms. The van der Waals surface area contributed by atoms with Gasteiger partial charge in [0.2, 0.25) is 0 Å². The van der Waals surface area contributed by atoms with E-state index in [1.807, 2.05) is 0 Å². The Morgan fingerprint density at radius 2 is 1.80 bits per heavy atom. The van der Waals surface area contributed by atoms with Crippen molar-refractivity contribution in [3.63, 3.8) is 0 Å². The summed E-state index contributed by atoms with van der Waals surface area (Å²) in [6, 6.07) is 1.73. The van der Waals surface area contributed by atoms with Gasteiger partial charge in [-0.25, -0.2) is 0 Å². The Kier molecular flexibility index (Phi) is 4.64. The molecule has 0 aliphatic carbocycles. The Morgan fingerprint density at radius 1 is 1.25 bits per heavy atom. The first-order valence-corrected chi connectivity index (χ1v) is 5.21. The van der Waals surface area contributed by atoms with Gasteiger partial charge >= 0.3 is 29.6 Å². The molecule has 8 nitrogen and oxygen atoms in total. The number of imide groups is 1. The molecular formula is C11H7N2NaO6. The molecule has 0 bridgehead atoms. The third-order valence-electron chi connectivity index (χ3n) is 2.84. The molecule has 98 valence electrons. The van der Waals surface area contributed by atoms with E-state index in [-0.39, 0.29) is 46.4 Å². The van der Waals surface area contributed by atoms with Crippen LogP contribution in [0.4, 0.5) is 5.69 Å². The number of nitro benzene ring substituents is 1. The van der Waals surface area contributed by atoms with Crippen molar-refractivity contribution < 1.29 is 54.0 Å². The van der Waals surface area contributed by atoms with Crippen LogP contribution in [-0.2, 0) is 4.79 Å². The minimum atomic E-state index is -1.58. The Morgan fingerprint density at radius 3 is 2.30 bits per heavy atom. The van der Waals surface area contributed by atoms with E-state index in [0.717, 1.165) is 25.1 Å². The topological polar surface area (TPSA) is 121 Å². The van der Waals surface area contributed by atoms with Gasteiger partial charge < -0.3 is 9.90 Å². The Labute approximate surface area is 134 Å². The van der Waals surface area contributed by atoms with E-state index in [1.54, 1.807) is 0 Å². The number of fused-ring (bicyclic) bond motifs is 1. The van der Waals surface area contributed by atoms with Gasteiger partial charge in [0.05, 0.1) is 28.1 Å². The fourth-order valence-electron chi connectivity index (χ4n) is 1.82. The van der Waals surface area contributed by atoms with Crippen molar-refractivity contribution in [3.8, 4) is 0 Å². The van der Waals surface area contributed by atoms with Gasteiger partial charge in [-0.3, -0.25) is 24.6 Å². The number of nitro groups is 1. The van der Waals surface area contributed by atoms with Crippen LogP contribution in [0.1, 0.15) is 27.6 Å². The molecule has 2 amide bonds. The zero-order valence-corrected chi connectivity index (χ0v) is 12.7. The third kappa shape index (κ3) is 2.45. The SMILES string of the molecule is CC(C(=O)[O-])N1C(=O)c2ccc([N+](=O)[O-])cc2C1=O.[Na+]. The van der Waals surface area contributed by atoms with Crippen molar-refractivity contribution >= 4 is 23.5 Å². The van der Waals surface area contributed by atoms with Crippen LogP contribution in [-0.4, -0.2) is 33.6 Å². The number of benzene rings is 1. The fraction of sp³-hybridized carbons (Fsp3) is 0.182. The Balaban J connectivity index is 0.00000200. The molecule has 0 N–H and O–H groups in total. The maximum absolute atomic E-state index is 11.9. The summed E-state index contributed by atoms with van der Waals surface area (Å²) in [7, 11) is 0. The zero-order valence-electron chi connectivity index (χ0n) is 10.7. The number of aliphatic carboxylic acids is 1. The second kappa shape index (κ2) is 5.70. The standard InChI is InChI=1S/C11H8N2O6.Na/c1-5(11(16)17)12-9(14)7-3-2-6(13(18)19)4-8(7)10(12)15;/h2-5H,1H3,(H,16,17);/q;+1/p-1. The summed E-state index contributed by atoms with van der Waals surface area (Å²) < 4.78 is 0. The van der Waals surface area contributed by atoms with Crippen LogP contribution < -0.4 is 34.7 Å². The molecule has 9 heteroatoms. The largest absolute Gasteiger partial charge is 1.00 e. The molecule has 1 atom stereocenters. The van der Waals surface area contributed by atoms with Gasteiger partial charge in [0.1, 0.15) is 0 Å². The van der Waals surface area contributed by atoms with Crippen molar-refractivity contribution in [1.82, 2.24) is 4.90 Å². The van der Waals surface area contributed by atoms with Crippen LogP contribution in [0.3, 0.4) is 0 Å². The number of hydrogen-bond donors (Lipinski definition) is 0. The second-order valence-electron chi connectivity index (χ2n) is 3.96. The monoisotopic (exact) mass is 286 g/mol. The molecule has 0 fully saturated rings. The number of carboxylic acids is 1. The molecule has 1 aromatic rings. The molecule has 0 saturated heterocycles. The van der Waals surface area contributed by atoms with Gasteiger partial charge in [0.15, 0.2) is 0 Å². The van der Waals surface area contributed by atoms with Crippen molar-refractivity contribution in [2.45, 2.75) is 13.0 Å². The maximum atomic E-state index is 11.9. The van der Waals surface area contributed by atoms with Gasteiger partial charge in [-0.15, -0.1) is 0 Å². The predicted octanol–water partition coefficient (Wildman–Crippen LogP) is -3.67. The van der Waals surface area contributed by atoms with Gasteiger partial charge in [-0.05, 0) is 13.0 Å². The summed E-state index contributed by atoms with van der Waals surface area (Å²) in [4.78, 5) is 45.0. The van der Waals surface area contributed by atoms with E-state index in [0.29, 0.717) is 4.90 Å². The molecule has 2 rings (SSSR count). The van der Waals surface area contributed by atoms with E-state index in [2.05, 4.69) is 0 Å². The number of amides is 2.